The number of unbranched alkanes of at least 4 members (excludes halogenated alkanes) is 2. The van der Waals surface area contributed by atoms with Gasteiger partial charge in [-0.2, -0.15) is 0 Å². The summed E-state index contributed by atoms with van der Waals surface area (Å²) in [6, 6.07) is 0. The molecule has 0 aliphatic carbocycles. The van der Waals surface area contributed by atoms with Crippen molar-refractivity contribution in [1.82, 2.24) is 0 Å². The van der Waals surface area contributed by atoms with E-state index in [1.165, 1.54) is 0 Å². The third kappa shape index (κ3) is 12.4. The summed E-state index contributed by atoms with van der Waals surface area (Å²) in [5.74, 6) is 0. The molecule has 0 saturated heterocycles. The van der Waals surface area contributed by atoms with Gasteiger partial charge in [0.05, 0.1) is 0 Å². The molecule has 2 nitrogen and oxygen atoms in total. The number of aliphatic hydroxyl groups is 2. The first-order chi connectivity index (χ1) is 3.77. The van der Waals surface area contributed by atoms with Gasteiger partial charge in [-0.05, 0) is 12.8 Å². The number of aliphatic hydroxyl groups excluding tert-OH is 1. The molecule has 0 saturated carbocycles. The molecule has 0 aliphatic rings. The Morgan fingerprint density at radius 2 is 1.89 bits per heavy atom. The largest absolute Gasteiger partial charge is 2.00 e. The van der Waals surface area contributed by atoms with Gasteiger partial charge in [0, 0.05) is 0 Å². The van der Waals surface area contributed by atoms with E-state index < -0.39 is 6.29 Å². The molecule has 0 bridgehead atoms. The van der Waals surface area contributed by atoms with Crippen molar-refractivity contribution in [3.05, 3.63) is 0 Å². The molecule has 0 amide bonds. The van der Waals surface area contributed by atoms with E-state index in [9.17, 15) is 0 Å². The van der Waals surface area contributed by atoms with Crippen molar-refractivity contribution >= 4 is 37.7 Å². The average Bonchev–Trinajstić information content (AvgIpc) is 1.66. The van der Waals surface area contributed by atoms with E-state index >= 15 is 0 Å². The number of hydrogen-bond donors (Lipinski definition) is 2. The normalized spacial score (nSPS) is 9.33. The van der Waals surface area contributed by atoms with Crippen LogP contribution in [-0.2, 0) is 0 Å². The van der Waals surface area contributed by atoms with Crippen molar-refractivity contribution in [2.24, 2.45) is 0 Å². The minimum atomic E-state index is -1.10. The Labute approximate surface area is 89.2 Å². The second kappa shape index (κ2) is 9.18. The molecule has 0 aromatic carbocycles. The van der Waals surface area contributed by atoms with Crippen LogP contribution in [0.25, 0.3) is 0 Å². The van der Waals surface area contributed by atoms with Crippen LogP contribution < -0.4 is 0 Å². The molecule has 0 aromatic rings. The Balaban J connectivity index is -0.0000000817. The van der Waals surface area contributed by atoms with Gasteiger partial charge >= 0.3 is 37.7 Å². The van der Waals surface area contributed by atoms with E-state index in [0.717, 1.165) is 19.3 Å². The molecular formula is C6H16CaO2. The average molecular weight is 160 g/mol. The zero-order valence-electron chi connectivity index (χ0n) is 8.01. The van der Waals surface area contributed by atoms with Crippen LogP contribution >= 0.6 is 0 Å². The van der Waals surface area contributed by atoms with Gasteiger partial charge < -0.3 is 13.1 Å². The monoisotopic (exact) mass is 160 g/mol. The van der Waals surface area contributed by atoms with Crippen LogP contribution in [0, 0.1) is 0 Å². The van der Waals surface area contributed by atoms with E-state index in [4.69, 9.17) is 10.2 Å². The smallest absolute Gasteiger partial charge is 1.00 e. The van der Waals surface area contributed by atoms with E-state index in [1.807, 2.05) is 0 Å². The Kier molecular flexibility index (Phi) is 13.1. The fourth-order valence-electron chi connectivity index (χ4n) is 0.577. The molecular weight excluding hydrogens is 144 g/mol. The Morgan fingerprint density at radius 1 is 1.33 bits per heavy atom. The Bertz CT molecular complexity index is 55.8. The van der Waals surface area contributed by atoms with Crippen molar-refractivity contribution in [2.75, 3.05) is 0 Å². The summed E-state index contributed by atoms with van der Waals surface area (Å²) >= 11 is 0. The summed E-state index contributed by atoms with van der Waals surface area (Å²) in [7, 11) is 0. The first-order valence-corrected chi connectivity index (χ1v) is 3.13. The SMILES string of the molecule is CCCCCC(O)O.[Ca+2].[H-].[H-]. The van der Waals surface area contributed by atoms with E-state index in [-0.39, 0.29) is 40.6 Å². The predicted molar refractivity (Wildman–Crippen MR) is 40.3 cm³/mol. The molecule has 0 aliphatic heterocycles. The van der Waals surface area contributed by atoms with E-state index in [0.29, 0.717) is 6.42 Å². The van der Waals surface area contributed by atoms with Crippen molar-refractivity contribution in [2.45, 2.75) is 38.9 Å². The van der Waals surface area contributed by atoms with Gasteiger partial charge in [-0.25, -0.2) is 0 Å². The zero-order valence-corrected chi connectivity index (χ0v) is 8.22. The second-order valence-corrected chi connectivity index (χ2v) is 1.98. The van der Waals surface area contributed by atoms with Gasteiger partial charge in [0.1, 0.15) is 0 Å². The summed E-state index contributed by atoms with van der Waals surface area (Å²) in [5.41, 5.74) is 0. The molecule has 0 unspecified atom stereocenters. The predicted octanol–water partition coefficient (Wildman–Crippen LogP) is 0.722. The number of hydrogen-bond acceptors (Lipinski definition) is 2. The van der Waals surface area contributed by atoms with Gasteiger partial charge in [-0.3, -0.25) is 0 Å². The minimum Gasteiger partial charge on any atom is -1.00 e. The molecule has 0 aromatic heterocycles. The van der Waals surface area contributed by atoms with E-state index in [1.54, 1.807) is 0 Å². The van der Waals surface area contributed by atoms with Gasteiger partial charge in [-0.15, -0.1) is 0 Å². The van der Waals surface area contributed by atoms with Crippen LogP contribution in [0.15, 0.2) is 0 Å². The third-order valence-electron chi connectivity index (χ3n) is 1.07. The maximum atomic E-state index is 8.33. The quantitative estimate of drug-likeness (QED) is 0.361. The molecule has 54 valence electrons. The summed E-state index contributed by atoms with van der Waals surface area (Å²) in [6.07, 6.45) is 2.58. The van der Waals surface area contributed by atoms with Gasteiger partial charge in [0.2, 0.25) is 0 Å². The van der Waals surface area contributed by atoms with Crippen LogP contribution in [0.1, 0.15) is 35.5 Å². The van der Waals surface area contributed by atoms with Crippen molar-refractivity contribution in [3.63, 3.8) is 0 Å². The third-order valence-corrected chi connectivity index (χ3v) is 1.07. The second-order valence-electron chi connectivity index (χ2n) is 1.98. The summed E-state index contributed by atoms with van der Waals surface area (Å²) < 4.78 is 0. The van der Waals surface area contributed by atoms with Gasteiger partial charge in [-0.1, -0.05) is 19.8 Å². The zero-order chi connectivity index (χ0) is 6.41. The summed E-state index contributed by atoms with van der Waals surface area (Å²) in [6.45, 7) is 2.09. The molecule has 0 fully saturated rings. The molecule has 0 radical (unpaired) electrons. The standard InChI is InChI=1S/C6H14O2.Ca.2H/c1-2-3-4-5-6(7)8;;;/h6-8H,2-5H2,1H3;;;/q;+2;2*-1. The summed E-state index contributed by atoms with van der Waals surface area (Å²) in [5, 5.41) is 16.7. The molecule has 0 heterocycles. The first-order valence-electron chi connectivity index (χ1n) is 3.13. The summed E-state index contributed by atoms with van der Waals surface area (Å²) in [4.78, 5) is 0. The minimum absolute atomic E-state index is 0. The van der Waals surface area contributed by atoms with Gasteiger partial charge in [0.25, 0.3) is 0 Å². The van der Waals surface area contributed by atoms with Crippen LogP contribution in [0.4, 0.5) is 0 Å². The van der Waals surface area contributed by atoms with E-state index in [2.05, 4.69) is 6.92 Å². The topological polar surface area (TPSA) is 40.5 Å². The number of rotatable bonds is 4. The maximum Gasteiger partial charge on any atom is 2.00 e. The molecule has 0 spiro atoms. The molecule has 0 rings (SSSR count). The van der Waals surface area contributed by atoms with Crippen molar-refractivity contribution in [3.8, 4) is 0 Å². The van der Waals surface area contributed by atoms with Crippen molar-refractivity contribution < 1.29 is 13.1 Å². The van der Waals surface area contributed by atoms with Crippen LogP contribution in [-0.4, -0.2) is 54.2 Å². The molecule has 3 heteroatoms. The van der Waals surface area contributed by atoms with Crippen LogP contribution in [0.3, 0.4) is 0 Å². The molecule has 0 atom stereocenters. The molecule has 9 heavy (non-hydrogen) atoms. The maximum absolute atomic E-state index is 8.33. The molecule has 2 N–H and O–H groups in total. The fraction of sp³-hybridized carbons (Fsp3) is 1.00. The first kappa shape index (κ1) is 12.8. The van der Waals surface area contributed by atoms with Crippen LogP contribution in [0.2, 0.25) is 0 Å². The van der Waals surface area contributed by atoms with Crippen molar-refractivity contribution in [1.29, 1.82) is 0 Å². The Hall–Kier alpha value is 1.18. The van der Waals surface area contributed by atoms with Gasteiger partial charge in [0.15, 0.2) is 6.29 Å². The fourth-order valence-corrected chi connectivity index (χ4v) is 0.577. The van der Waals surface area contributed by atoms with Crippen LogP contribution in [0.5, 0.6) is 0 Å². The Morgan fingerprint density at radius 3 is 2.22 bits per heavy atom.